The summed E-state index contributed by atoms with van der Waals surface area (Å²) in [4.78, 5) is 13.7. The van der Waals surface area contributed by atoms with E-state index in [1.807, 2.05) is 48.5 Å². The van der Waals surface area contributed by atoms with Crippen LogP contribution in [0.1, 0.15) is 27.5 Å². The zero-order chi connectivity index (χ0) is 22.0. The molecule has 3 aromatic rings. The largest absolute Gasteiger partial charge is 0.504 e. The van der Waals surface area contributed by atoms with Gasteiger partial charge in [0, 0.05) is 17.2 Å². The van der Waals surface area contributed by atoms with Gasteiger partial charge in [-0.05, 0) is 23.8 Å². The number of rotatable bonds is 5. The van der Waals surface area contributed by atoms with Crippen LogP contribution in [0.5, 0.6) is 11.5 Å². The lowest BCUT2D eigenvalue weighted by atomic mass is 9.87. The van der Waals surface area contributed by atoms with E-state index in [-0.39, 0.29) is 22.3 Å². The Labute approximate surface area is 190 Å². The molecule has 5 nitrogen and oxygen atoms in total. The summed E-state index contributed by atoms with van der Waals surface area (Å²) in [5.41, 5.74) is 2.98. The molecule has 3 aromatic carbocycles. The average Bonchev–Trinajstić information content (AvgIpc) is 2.79. The summed E-state index contributed by atoms with van der Waals surface area (Å²) in [6.45, 7) is 0. The van der Waals surface area contributed by atoms with Crippen LogP contribution in [0.2, 0.25) is 5.02 Å². The summed E-state index contributed by atoms with van der Waals surface area (Å²) in [7, 11) is 1.45. The molecule has 3 N–H and O–H groups in total. The molecular formula is C24H19ClN2O3S. The van der Waals surface area contributed by atoms with Crippen LogP contribution >= 0.6 is 23.8 Å². The molecule has 4 rings (SSSR count). The number of hydrogen-bond donors (Lipinski definition) is 3. The summed E-state index contributed by atoms with van der Waals surface area (Å²) in [6.07, 6.45) is 0. The van der Waals surface area contributed by atoms with Crippen molar-refractivity contribution in [2.75, 3.05) is 7.11 Å². The van der Waals surface area contributed by atoms with E-state index in [0.29, 0.717) is 27.5 Å². The van der Waals surface area contributed by atoms with Crippen molar-refractivity contribution >= 4 is 40.4 Å². The number of methoxy groups -OCH3 is 1. The Kier molecular flexibility index (Phi) is 5.93. The van der Waals surface area contributed by atoms with Crippen LogP contribution in [0.3, 0.4) is 0 Å². The van der Waals surface area contributed by atoms with Crippen LogP contribution in [-0.4, -0.2) is 23.1 Å². The van der Waals surface area contributed by atoms with Crippen molar-refractivity contribution in [1.82, 2.24) is 10.6 Å². The molecule has 0 spiro atoms. The first kappa shape index (κ1) is 20.9. The third-order valence-electron chi connectivity index (χ3n) is 5.02. The molecule has 0 unspecified atom stereocenters. The Balaban J connectivity index is 1.97. The van der Waals surface area contributed by atoms with E-state index >= 15 is 0 Å². The molecule has 0 saturated heterocycles. The van der Waals surface area contributed by atoms with Gasteiger partial charge in [-0.25, -0.2) is 0 Å². The summed E-state index contributed by atoms with van der Waals surface area (Å²) in [5, 5.41) is 17.1. The number of nitrogens with one attached hydrogen (secondary N) is 2. The number of phenols is 1. The number of thiocarbonyl (C=S) groups is 1. The standard InChI is InChI=1S/C24H19ClN2O3S/c1-30-19-12-16(17(25)13-18(19)28)22-20(23(29)15-10-6-3-7-11-15)21(26-24(31)27-22)14-8-4-2-5-9-14/h2-13,22,28H,1H3,(H2,26,27,31)/t22-/m1/s1. The fourth-order valence-corrected chi connectivity index (χ4v) is 4.05. The lowest BCUT2D eigenvalue weighted by Gasteiger charge is -2.32. The monoisotopic (exact) mass is 450 g/mol. The van der Waals surface area contributed by atoms with E-state index in [0.717, 1.165) is 5.56 Å². The van der Waals surface area contributed by atoms with Crippen molar-refractivity contribution in [2.45, 2.75) is 6.04 Å². The number of carbonyl (C=O) groups is 1. The molecule has 0 amide bonds. The Hall–Kier alpha value is -3.35. The first-order valence-electron chi connectivity index (χ1n) is 9.53. The highest BCUT2D eigenvalue weighted by atomic mass is 35.5. The van der Waals surface area contributed by atoms with Gasteiger partial charge in [0.15, 0.2) is 22.4 Å². The van der Waals surface area contributed by atoms with Crippen molar-refractivity contribution in [1.29, 1.82) is 0 Å². The highest BCUT2D eigenvalue weighted by molar-refractivity contribution is 7.80. The first-order chi connectivity index (χ1) is 15.0. The molecule has 0 aliphatic carbocycles. The van der Waals surface area contributed by atoms with Gasteiger partial charge in [-0.2, -0.15) is 0 Å². The highest BCUT2D eigenvalue weighted by Crippen LogP contribution is 2.40. The van der Waals surface area contributed by atoms with Crippen molar-refractivity contribution in [3.05, 3.63) is 100 Å². The van der Waals surface area contributed by atoms with Gasteiger partial charge in [0.25, 0.3) is 0 Å². The molecule has 0 bridgehead atoms. The summed E-state index contributed by atoms with van der Waals surface area (Å²) >= 11 is 12.0. The van der Waals surface area contributed by atoms with Crippen molar-refractivity contribution in [2.24, 2.45) is 0 Å². The molecular weight excluding hydrogens is 432 g/mol. The quantitative estimate of drug-likeness (QED) is 0.380. The van der Waals surface area contributed by atoms with Crippen molar-refractivity contribution < 1.29 is 14.6 Å². The highest BCUT2D eigenvalue weighted by Gasteiger charge is 2.34. The van der Waals surface area contributed by atoms with E-state index in [1.165, 1.54) is 13.2 Å². The van der Waals surface area contributed by atoms with Crippen LogP contribution in [0, 0.1) is 0 Å². The molecule has 1 aliphatic heterocycles. The second kappa shape index (κ2) is 8.79. The van der Waals surface area contributed by atoms with Crippen LogP contribution in [0.4, 0.5) is 0 Å². The lowest BCUT2D eigenvalue weighted by Crippen LogP contribution is -2.45. The molecule has 0 radical (unpaired) electrons. The molecule has 1 heterocycles. The Bertz CT molecular complexity index is 1180. The van der Waals surface area contributed by atoms with Gasteiger partial charge in [-0.15, -0.1) is 0 Å². The van der Waals surface area contributed by atoms with Crippen LogP contribution in [0.15, 0.2) is 78.4 Å². The van der Waals surface area contributed by atoms with Gasteiger partial charge in [0.1, 0.15) is 0 Å². The van der Waals surface area contributed by atoms with E-state index in [4.69, 9.17) is 28.6 Å². The number of phenolic OH excluding ortho intramolecular Hbond substituents is 1. The third-order valence-corrected chi connectivity index (χ3v) is 5.57. The third kappa shape index (κ3) is 4.13. The zero-order valence-corrected chi connectivity index (χ0v) is 18.1. The number of carbonyl (C=O) groups excluding carboxylic acids is 1. The smallest absolute Gasteiger partial charge is 0.193 e. The molecule has 7 heteroatoms. The SMILES string of the molecule is COc1cc([C@H]2NC(=S)NC(c3ccccc3)=C2C(=O)c2ccccc2)c(Cl)cc1O. The van der Waals surface area contributed by atoms with Crippen molar-refractivity contribution in [3.63, 3.8) is 0 Å². The minimum absolute atomic E-state index is 0.0871. The molecule has 0 fully saturated rings. The number of ketones is 1. The van der Waals surface area contributed by atoms with Gasteiger partial charge in [-0.1, -0.05) is 72.3 Å². The molecule has 0 aromatic heterocycles. The number of halogens is 1. The van der Waals surface area contributed by atoms with Gasteiger partial charge >= 0.3 is 0 Å². The van der Waals surface area contributed by atoms with Crippen LogP contribution in [0.25, 0.3) is 5.70 Å². The molecule has 0 saturated carbocycles. The van der Waals surface area contributed by atoms with Gasteiger partial charge < -0.3 is 20.5 Å². The number of benzene rings is 3. The van der Waals surface area contributed by atoms with Gasteiger partial charge in [0.05, 0.1) is 29.4 Å². The predicted molar refractivity (Wildman–Crippen MR) is 125 cm³/mol. The second-order valence-corrected chi connectivity index (χ2v) is 7.74. The average molecular weight is 451 g/mol. The molecule has 1 aliphatic rings. The summed E-state index contributed by atoms with van der Waals surface area (Å²) in [6, 6.07) is 20.9. The number of ether oxygens (including phenoxy) is 1. The first-order valence-corrected chi connectivity index (χ1v) is 10.3. The maximum Gasteiger partial charge on any atom is 0.193 e. The molecule has 1 atom stereocenters. The number of hydrogen-bond acceptors (Lipinski definition) is 4. The van der Waals surface area contributed by atoms with E-state index in [2.05, 4.69) is 10.6 Å². The predicted octanol–water partition coefficient (Wildman–Crippen LogP) is 4.87. The van der Waals surface area contributed by atoms with Gasteiger partial charge in [-0.3, -0.25) is 4.79 Å². The van der Waals surface area contributed by atoms with Crippen LogP contribution in [-0.2, 0) is 0 Å². The lowest BCUT2D eigenvalue weighted by molar-refractivity contribution is 0.102. The molecule has 156 valence electrons. The maximum atomic E-state index is 13.7. The Morgan fingerprint density at radius 1 is 1.06 bits per heavy atom. The summed E-state index contributed by atoms with van der Waals surface area (Å²) in [5.74, 6) is -0.00977. The minimum atomic E-state index is -0.654. The van der Waals surface area contributed by atoms with E-state index in [9.17, 15) is 9.90 Å². The normalized spacial score (nSPS) is 15.8. The van der Waals surface area contributed by atoms with Gasteiger partial charge in [0.2, 0.25) is 0 Å². The second-order valence-electron chi connectivity index (χ2n) is 6.93. The number of Topliss-reactive ketones (excluding diaryl/α,β-unsaturated/α-hetero) is 1. The number of aromatic hydroxyl groups is 1. The van der Waals surface area contributed by atoms with E-state index < -0.39 is 6.04 Å². The topological polar surface area (TPSA) is 70.6 Å². The summed E-state index contributed by atoms with van der Waals surface area (Å²) < 4.78 is 5.26. The molecule has 31 heavy (non-hydrogen) atoms. The van der Waals surface area contributed by atoms with Crippen molar-refractivity contribution in [3.8, 4) is 11.5 Å². The van der Waals surface area contributed by atoms with Crippen LogP contribution < -0.4 is 15.4 Å². The minimum Gasteiger partial charge on any atom is -0.504 e. The Morgan fingerprint density at radius 2 is 1.71 bits per heavy atom. The zero-order valence-electron chi connectivity index (χ0n) is 16.6. The van der Waals surface area contributed by atoms with E-state index in [1.54, 1.807) is 18.2 Å². The Morgan fingerprint density at radius 3 is 2.35 bits per heavy atom. The fraction of sp³-hybridized carbons (Fsp3) is 0.0833. The maximum absolute atomic E-state index is 13.7. The fourth-order valence-electron chi connectivity index (χ4n) is 3.56.